The van der Waals surface area contributed by atoms with Gasteiger partial charge in [0, 0.05) is 12.2 Å². The second-order valence-electron chi connectivity index (χ2n) is 7.24. The molecule has 0 aliphatic rings. The summed E-state index contributed by atoms with van der Waals surface area (Å²) in [7, 11) is 3.20. The number of hydrogen-bond acceptors (Lipinski definition) is 4. The van der Waals surface area contributed by atoms with E-state index in [2.05, 4.69) is 10.6 Å². The normalized spacial score (nSPS) is 10.9. The van der Waals surface area contributed by atoms with Crippen molar-refractivity contribution in [3.8, 4) is 11.5 Å². The zero-order valence-corrected chi connectivity index (χ0v) is 18.8. The molecule has 0 atom stereocenters. The quantitative estimate of drug-likeness (QED) is 0.463. The predicted molar refractivity (Wildman–Crippen MR) is 132 cm³/mol. The summed E-state index contributed by atoms with van der Waals surface area (Å²) < 4.78 is 10.3. The molecule has 2 N–H and O–H groups in total. The fourth-order valence-electron chi connectivity index (χ4n) is 2.99. The number of aryl methyl sites for hydroxylation is 1. The van der Waals surface area contributed by atoms with Gasteiger partial charge in [-0.1, -0.05) is 30.3 Å². The molecule has 0 aromatic heterocycles. The van der Waals surface area contributed by atoms with E-state index in [1.165, 1.54) is 12.2 Å². The molecule has 0 aliphatic heterocycles. The van der Waals surface area contributed by atoms with Gasteiger partial charge in [-0.25, -0.2) is 0 Å². The first-order chi connectivity index (χ1) is 16.0. The Kier molecular flexibility index (Phi) is 8.02. The Morgan fingerprint density at radius 2 is 1.12 bits per heavy atom. The molecule has 2 amide bonds. The van der Waals surface area contributed by atoms with E-state index in [-0.39, 0.29) is 11.8 Å². The lowest BCUT2D eigenvalue weighted by molar-refractivity contribution is -0.112. The van der Waals surface area contributed by atoms with E-state index in [9.17, 15) is 9.59 Å². The molecule has 33 heavy (non-hydrogen) atoms. The van der Waals surface area contributed by atoms with E-state index in [0.717, 1.165) is 28.2 Å². The van der Waals surface area contributed by atoms with E-state index in [4.69, 9.17) is 9.47 Å². The molecular weight excluding hydrogens is 416 g/mol. The molecule has 3 rings (SSSR count). The summed E-state index contributed by atoms with van der Waals surface area (Å²) in [5.74, 6) is 0.884. The maximum atomic E-state index is 12.5. The number of hydrogen-bond donors (Lipinski definition) is 2. The van der Waals surface area contributed by atoms with Crippen molar-refractivity contribution >= 4 is 35.3 Å². The van der Waals surface area contributed by atoms with Crippen molar-refractivity contribution < 1.29 is 19.1 Å². The van der Waals surface area contributed by atoms with Crippen LogP contribution in [0.4, 0.5) is 11.4 Å². The monoisotopic (exact) mass is 442 g/mol. The van der Waals surface area contributed by atoms with Crippen molar-refractivity contribution in [2.75, 3.05) is 24.9 Å². The zero-order valence-electron chi connectivity index (χ0n) is 18.8. The van der Waals surface area contributed by atoms with Crippen molar-refractivity contribution in [1.82, 2.24) is 0 Å². The molecule has 0 saturated heterocycles. The first-order valence-corrected chi connectivity index (χ1v) is 10.3. The average molecular weight is 443 g/mol. The molecule has 6 nitrogen and oxygen atoms in total. The van der Waals surface area contributed by atoms with E-state index >= 15 is 0 Å². The molecule has 0 bridgehead atoms. The van der Waals surface area contributed by atoms with Gasteiger partial charge in [-0.05, 0) is 72.2 Å². The summed E-state index contributed by atoms with van der Waals surface area (Å²) >= 11 is 0. The van der Waals surface area contributed by atoms with Gasteiger partial charge in [0.15, 0.2) is 0 Å². The van der Waals surface area contributed by atoms with Crippen LogP contribution in [0.15, 0.2) is 78.9 Å². The Bertz CT molecular complexity index is 1160. The molecule has 0 aliphatic carbocycles. The van der Waals surface area contributed by atoms with Crippen molar-refractivity contribution in [3.05, 3.63) is 95.6 Å². The Morgan fingerprint density at radius 1 is 0.667 bits per heavy atom. The van der Waals surface area contributed by atoms with Crippen LogP contribution >= 0.6 is 0 Å². The third-order valence-electron chi connectivity index (χ3n) is 4.78. The fraction of sp³-hybridized carbons (Fsp3) is 0.111. The van der Waals surface area contributed by atoms with Gasteiger partial charge >= 0.3 is 0 Å². The zero-order chi connectivity index (χ0) is 23.6. The van der Waals surface area contributed by atoms with Crippen LogP contribution in [0.1, 0.15) is 16.7 Å². The number of benzene rings is 3. The van der Waals surface area contributed by atoms with Gasteiger partial charge in [0.2, 0.25) is 11.8 Å². The molecule has 0 saturated carbocycles. The molecular formula is C27H26N2O4. The molecule has 0 spiro atoms. The standard InChI is InChI=1S/C27H26N2O4/c1-19-4-15-24(28-26(30)16-9-20-5-11-22(32-2)12-6-20)25(18-19)29-27(31)17-10-21-7-13-23(33-3)14-8-21/h4-18H,1-3H3,(H,28,30)(H,29,31)/b16-9-,17-10-. The summed E-state index contributed by atoms with van der Waals surface area (Å²) in [6.45, 7) is 1.91. The number of anilines is 2. The van der Waals surface area contributed by atoms with Crippen molar-refractivity contribution in [1.29, 1.82) is 0 Å². The van der Waals surface area contributed by atoms with Gasteiger partial charge in [-0.2, -0.15) is 0 Å². The number of carbonyl (C=O) groups is 2. The number of ether oxygens (including phenoxy) is 2. The lowest BCUT2D eigenvalue weighted by Gasteiger charge is -2.11. The SMILES string of the molecule is COc1ccc(/C=C\C(=O)Nc2ccc(C)cc2NC(=O)/C=C\c2ccc(OC)cc2)cc1. The highest BCUT2D eigenvalue weighted by Gasteiger charge is 2.08. The summed E-state index contributed by atoms with van der Waals surface area (Å²) in [5.41, 5.74) is 3.72. The maximum absolute atomic E-state index is 12.5. The lowest BCUT2D eigenvalue weighted by atomic mass is 10.1. The van der Waals surface area contributed by atoms with Crippen LogP contribution in [-0.4, -0.2) is 26.0 Å². The molecule has 0 heterocycles. The Morgan fingerprint density at radius 3 is 1.58 bits per heavy atom. The third kappa shape index (κ3) is 7.11. The molecule has 3 aromatic carbocycles. The molecule has 3 aromatic rings. The van der Waals surface area contributed by atoms with Crippen LogP contribution in [0.5, 0.6) is 11.5 Å². The number of amides is 2. The van der Waals surface area contributed by atoms with Crippen molar-refractivity contribution in [3.63, 3.8) is 0 Å². The topological polar surface area (TPSA) is 76.7 Å². The van der Waals surface area contributed by atoms with Crippen LogP contribution in [-0.2, 0) is 9.59 Å². The molecule has 0 radical (unpaired) electrons. The highest BCUT2D eigenvalue weighted by molar-refractivity contribution is 6.08. The largest absolute Gasteiger partial charge is 0.497 e. The smallest absolute Gasteiger partial charge is 0.248 e. The highest BCUT2D eigenvalue weighted by Crippen LogP contribution is 2.23. The van der Waals surface area contributed by atoms with Gasteiger partial charge in [0.1, 0.15) is 11.5 Å². The third-order valence-corrected chi connectivity index (χ3v) is 4.78. The fourth-order valence-corrected chi connectivity index (χ4v) is 2.99. The van der Waals surface area contributed by atoms with Crippen LogP contribution in [0, 0.1) is 6.92 Å². The first kappa shape index (κ1) is 23.3. The van der Waals surface area contributed by atoms with Crippen LogP contribution in [0.2, 0.25) is 0 Å². The molecule has 0 fully saturated rings. The van der Waals surface area contributed by atoms with Crippen LogP contribution < -0.4 is 20.1 Å². The van der Waals surface area contributed by atoms with E-state index in [0.29, 0.717) is 11.4 Å². The van der Waals surface area contributed by atoms with Crippen LogP contribution in [0.3, 0.4) is 0 Å². The van der Waals surface area contributed by atoms with Gasteiger partial charge in [0.25, 0.3) is 0 Å². The van der Waals surface area contributed by atoms with E-state index < -0.39 is 0 Å². The Balaban J connectivity index is 1.66. The number of carbonyl (C=O) groups excluding carboxylic acids is 2. The summed E-state index contributed by atoms with van der Waals surface area (Å²) in [5, 5.41) is 5.65. The summed E-state index contributed by atoms with van der Waals surface area (Å²) in [6, 6.07) is 20.2. The van der Waals surface area contributed by atoms with E-state index in [1.54, 1.807) is 32.4 Å². The minimum absolute atomic E-state index is 0.305. The van der Waals surface area contributed by atoms with Crippen molar-refractivity contribution in [2.45, 2.75) is 6.92 Å². The van der Waals surface area contributed by atoms with Gasteiger partial charge < -0.3 is 20.1 Å². The minimum atomic E-state index is -0.307. The van der Waals surface area contributed by atoms with Gasteiger partial charge in [-0.3, -0.25) is 9.59 Å². The second-order valence-corrected chi connectivity index (χ2v) is 7.24. The number of methoxy groups -OCH3 is 2. The number of rotatable bonds is 8. The Labute approximate surface area is 193 Å². The van der Waals surface area contributed by atoms with Crippen molar-refractivity contribution in [2.24, 2.45) is 0 Å². The molecule has 0 unspecified atom stereocenters. The van der Waals surface area contributed by atoms with Gasteiger partial charge in [-0.15, -0.1) is 0 Å². The average Bonchev–Trinajstić information content (AvgIpc) is 2.83. The maximum Gasteiger partial charge on any atom is 0.248 e. The van der Waals surface area contributed by atoms with E-state index in [1.807, 2.05) is 67.6 Å². The summed E-state index contributed by atoms with van der Waals surface area (Å²) in [4.78, 5) is 24.9. The Hall–Kier alpha value is -4.32. The number of nitrogens with one attached hydrogen (secondary N) is 2. The van der Waals surface area contributed by atoms with Gasteiger partial charge in [0.05, 0.1) is 25.6 Å². The predicted octanol–water partition coefficient (Wildman–Crippen LogP) is 5.32. The summed E-state index contributed by atoms with van der Waals surface area (Å²) in [6.07, 6.45) is 6.30. The lowest BCUT2D eigenvalue weighted by Crippen LogP contribution is -2.13. The first-order valence-electron chi connectivity index (χ1n) is 10.3. The highest BCUT2D eigenvalue weighted by atomic mass is 16.5. The molecule has 168 valence electrons. The molecule has 6 heteroatoms. The van der Waals surface area contributed by atoms with Crippen LogP contribution in [0.25, 0.3) is 12.2 Å². The second kappa shape index (κ2) is 11.3. The minimum Gasteiger partial charge on any atom is -0.497 e.